The summed E-state index contributed by atoms with van der Waals surface area (Å²) in [7, 11) is 3.50. The molecule has 25 heavy (non-hydrogen) atoms. The fraction of sp³-hybridized carbons (Fsp3) is 0.667. The van der Waals surface area contributed by atoms with Crippen LogP contribution in [-0.2, 0) is 11.2 Å². The summed E-state index contributed by atoms with van der Waals surface area (Å²) in [6.45, 7) is 9.71. The lowest BCUT2D eigenvalue weighted by molar-refractivity contribution is 0.0599. The molecule has 0 spiro atoms. The number of likely N-dealkylation sites (N-methyl/N-ethyl adjacent to an activating group) is 1. The number of nitrogens with zero attached hydrogens (tertiary/aromatic N) is 2. The van der Waals surface area contributed by atoms with Crippen LogP contribution >= 0.6 is 0 Å². The van der Waals surface area contributed by atoms with E-state index in [9.17, 15) is 9.59 Å². The molecule has 1 saturated heterocycles. The molecule has 2 rings (SSSR count). The van der Waals surface area contributed by atoms with E-state index in [1.807, 2.05) is 6.92 Å². The summed E-state index contributed by atoms with van der Waals surface area (Å²) in [6.07, 6.45) is 1.56. The number of nitrogens with one attached hydrogen (secondary N) is 2. The largest absolute Gasteiger partial charge is 0.465 e. The van der Waals surface area contributed by atoms with Gasteiger partial charge < -0.3 is 24.8 Å². The molecule has 0 radical (unpaired) electrons. The molecule has 1 aromatic rings. The molecule has 0 unspecified atom stereocenters. The average molecular weight is 350 g/mol. The number of aromatic amines is 1. The molecule has 140 valence electrons. The molecule has 7 nitrogen and oxygen atoms in total. The van der Waals surface area contributed by atoms with Gasteiger partial charge in [-0.2, -0.15) is 0 Å². The standard InChI is InChI=1S/C18H30N4O3/c1-5-14-15(18(24)25-4)13(2)16(20-14)17(23)19-7-6-8-22-11-9-21(3)10-12-22/h20H,5-12H2,1-4H3,(H,19,23). The maximum atomic E-state index is 12.4. The van der Waals surface area contributed by atoms with E-state index in [0.717, 1.165) is 44.8 Å². The second-order valence-corrected chi connectivity index (χ2v) is 6.58. The van der Waals surface area contributed by atoms with Gasteiger partial charge in [0.1, 0.15) is 5.69 Å². The van der Waals surface area contributed by atoms with E-state index in [0.29, 0.717) is 29.8 Å². The van der Waals surface area contributed by atoms with Crippen molar-refractivity contribution in [3.8, 4) is 0 Å². The van der Waals surface area contributed by atoms with Gasteiger partial charge in [-0.25, -0.2) is 4.79 Å². The number of aryl methyl sites for hydroxylation is 1. The number of hydrogen-bond acceptors (Lipinski definition) is 5. The van der Waals surface area contributed by atoms with Crippen LogP contribution < -0.4 is 5.32 Å². The van der Waals surface area contributed by atoms with Gasteiger partial charge in [-0.05, 0) is 38.9 Å². The van der Waals surface area contributed by atoms with Crippen LogP contribution in [0.5, 0.6) is 0 Å². The van der Waals surface area contributed by atoms with Crippen molar-refractivity contribution in [2.45, 2.75) is 26.7 Å². The van der Waals surface area contributed by atoms with Gasteiger partial charge in [0.25, 0.3) is 5.91 Å². The fourth-order valence-electron chi connectivity index (χ4n) is 3.19. The lowest BCUT2D eigenvalue weighted by Gasteiger charge is -2.32. The molecule has 1 aliphatic heterocycles. The lowest BCUT2D eigenvalue weighted by atomic mass is 10.1. The highest BCUT2D eigenvalue weighted by Gasteiger charge is 2.23. The van der Waals surface area contributed by atoms with Crippen LogP contribution in [0.1, 0.15) is 45.4 Å². The van der Waals surface area contributed by atoms with Crippen molar-refractivity contribution < 1.29 is 14.3 Å². The van der Waals surface area contributed by atoms with E-state index in [1.165, 1.54) is 7.11 Å². The summed E-state index contributed by atoms with van der Waals surface area (Å²) in [5.41, 5.74) is 2.33. The molecule has 2 heterocycles. The van der Waals surface area contributed by atoms with Gasteiger partial charge in [-0.1, -0.05) is 6.92 Å². The molecule has 0 aromatic carbocycles. The summed E-state index contributed by atoms with van der Waals surface area (Å²) >= 11 is 0. The number of ether oxygens (including phenoxy) is 1. The first-order valence-corrected chi connectivity index (χ1v) is 8.96. The normalized spacial score (nSPS) is 16.0. The van der Waals surface area contributed by atoms with E-state index < -0.39 is 5.97 Å². The third-order valence-corrected chi connectivity index (χ3v) is 4.83. The number of amides is 1. The number of aromatic nitrogens is 1. The van der Waals surface area contributed by atoms with Crippen LogP contribution in [0, 0.1) is 6.92 Å². The smallest absolute Gasteiger partial charge is 0.339 e. The molecule has 1 aromatic heterocycles. The molecule has 2 N–H and O–H groups in total. The summed E-state index contributed by atoms with van der Waals surface area (Å²) in [6, 6.07) is 0. The SMILES string of the molecule is CCc1[nH]c(C(=O)NCCCN2CCN(C)CC2)c(C)c1C(=O)OC. The van der Waals surface area contributed by atoms with E-state index in [1.54, 1.807) is 6.92 Å². The van der Waals surface area contributed by atoms with Crippen LogP contribution in [0.3, 0.4) is 0 Å². The van der Waals surface area contributed by atoms with Crippen LogP contribution in [0.15, 0.2) is 0 Å². The minimum Gasteiger partial charge on any atom is -0.465 e. The molecule has 0 bridgehead atoms. The molecule has 0 aliphatic carbocycles. The highest BCUT2D eigenvalue weighted by atomic mass is 16.5. The second kappa shape index (κ2) is 9.01. The number of esters is 1. The van der Waals surface area contributed by atoms with Crippen LogP contribution in [0.2, 0.25) is 0 Å². The zero-order chi connectivity index (χ0) is 18.4. The zero-order valence-corrected chi connectivity index (χ0v) is 15.8. The lowest BCUT2D eigenvalue weighted by Crippen LogP contribution is -2.45. The first-order chi connectivity index (χ1) is 12.0. The highest BCUT2D eigenvalue weighted by molar-refractivity contribution is 6.00. The average Bonchev–Trinajstić information content (AvgIpc) is 2.96. The molecule has 1 fully saturated rings. The van der Waals surface area contributed by atoms with E-state index in [-0.39, 0.29) is 5.91 Å². The number of carbonyl (C=O) groups is 2. The van der Waals surface area contributed by atoms with Crippen molar-refractivity contribution in [2.75, 3.05) is 53.4 Å². The van der Waals surface area contributed by atoms with E-state index in [2.05, 4.69) is 27.1 Å². The van der Waals surface area contributed by atoms with E-state index >= 15 is 0 Å². The molecule has 7 heteroatoms. The predicted molar refractivity (Wildman–Crippen MR) is 97.1 cm³/mol. The Labute approximate surface area is 149 Å². The first-order valence-electron chi connectivity index (χ1n) is 8.96. The topological polar surface area (TPSA) is 77.7 Å². The third kappa shape index (κ3) is 4.83. The van der Waals surface area contributed by atoms with Gasteiger partial charge in [0.2, 0.25) is 0 Å². The van der Waals surface area contributed by atoms with Crippen LogP contribution in [0.4, 0.5) is 0 Å². The summed E-state index contributed by atoms with van der Waals surface area (Å²) in [4.78, 5) is 32.2. The summed E-state index contributed by atoms with van der Waals surface area (Å²) in [5, 5.41) is 2.95. The molecular weight excluding hydrogens is 320 g/mol. The van der Waals surface area contributed by atoms with Gasteiger partial charge >= 0.3 is 5.97 Å². The van der Waals surface area contributed by atoms with Crippen LogP contribution in [0.25, 0.3) is 0 Å². The number of H-pyrrole nitrogens is 1. The Balaban J connectivity index is 1.86. The van der Waals surface area contributed by atoms with Gasteiger partial charge in [0.15, 0.2) is 0 Å². The Morgan fingerprint density at radius 3 is 2.52 bits per heavy atom. The monoisotopic (exact) mass is 350 g/mol. The second-order valence-electron chi connectivity index (χ2n) is 6.58. The molecule has 0 saturated carbocycles. The zero-order valence-electron chi connectivity index (χ0n) is 15.8. The Hall–Kier alpha value is -1.86. The van der Waals surface area contributed by atoms with Crippen molar-refractivity contribution in [2.24, 2.45) is 0 Å². The van der Waals surface area contributed by atoms with Crippen molar-refractivity contribution in [3.63, 3.8) is 0 Å². The Morgan fingerprint density at radius 2 is 1.92 bits per heavy atom. The maximum absolute atomic E-state index is 12.4. The summed E-state index contributed by atoms with van der Waals surface area (Å²) < 4.78 is 4.83. The van der Waals surface area contributed by atoms with Gasteiger partial charge in [0, 0.05) is 38.4 Å². The van der Waals surface area contributed by atoms with Crippen molar-refractivity contribution in [1.82, 2.24) is 20.1 Å². The maximum Gasteiger partial charge on any atom is 0.339 e. The summed E-state index contributed by atoms with van der Waals surface area (Å²) in [5.74, 6) is -0.569. The first kappa shape index (κ1) is 19.5. The number of hydrogen-bond donors (Lipinski definition) is 2. The van der Waals surface area contributed by atoms with Crippen LogP contribution in [-0.4, -0.2) is 80.1 Å². The molecular formula is C18H30N4O3. The van der Waals surface area contributed by atoms with Gasteiger partial charge in [-0.15, -0.1) is 0 Å². The number of carbonyl (C=O) groups excluding carboxylic acids is 2. The minimum atomic E-state index is -0.403. The number of methoxy groups -OCH3 is 1. The Kier molecular flexibility index (Phi) is 7.01. The molecule has 1 amide bonds. The van der Waals surface area contributed by atoms with Gasteiger partial charge in [-0.3, -0.25) is 4.79 Å². The highest BCUT2D eigenvalue weighted by Crippen LogP contribution is 2.20. The van der Waals surface area contributed by atoms with E-state index in [4.69, 9.17) is 4.74 Å². The Bertz CT molecular complexity index is 604. The third-order valence-electron chi connectivity index (χ3n) is 4.83. The van der Waals surface area contributed by atoms with Gasteiger partial charge in [0.05, 0.1) is 12.7 Å². The molecule has 1 aliphatic rings. The van der Waals surface area contributed by atoms with Crippen molar-refractivity contribution in [1.29, 1.82) is 0 Å². The van der Waals surface area contributed by atoms with Crippen molar-refractivity contribution in [3.05, 3.63) is 22.5 Å². The number of piperazine rings is 1. The van der Waals surface area contributed by atoms with Crippen molar-refractivity contribution >= 4 is 11.9 Å². The fourth-order valence-corrected chi connectivity index (χ4v) is 3.19. The predicted octanol–water partition coefficient (Wildman–Crippen LogP) is 1.04. The number of rotatable bonds is 7. The minimum absolute atomic E-state index is 0.166. The Morgan fingerprint density at radius 1 is 1.24 bits per heavy atom. The molecule has 0 atom stereocenters. The quantitative estimate of drug-likeness (QED) is 0.567.